The Hall–Kier alpha value is -2.15. The molecule has 0 radical (unpaired) electrons. The first-order valence-electron chi connectivity index (χ1n) is 7.67. The number of benzene rings is 1. The molecule has 7 heteroatoms. The minimum Gasteiger partial charge on any atom is -0.338 e. The van der Waals surface area contributed by atoms with Gasteiger partial charge in [0.2, 0.25) is 0 Å². The van der Waals surface area contributed by atoms with Crippen LogP contribution in [0.1, 0.15) is 25.7 Å². The van der Waals surface area contributed by atoms with Crippen LogP contribution in [0, 0.1) is 10.1 Å². The van der Waals surface area contributed by atoms with Gasteiger partial charge in [0.15, 0.2) is 0 Å². The minimum atomic E-state index is -0.484. The molecule has 1 aromatic carbocycles. The summed E-state index contributed by atoms with van der Waals surface area (Å²) in [6.07, 6.45) is 4.75. The summed E-state index contributed by atoms with van der Waals surface area (Å²) in [5.74, 6) is 0. The molecular weight excluding hydrogens is 284 g/mol. The molecule has 0 bridgehead atoms. The van der Waals surface area contributed by atoms with Gasteiger partial charge in [-0.05, 0) is 45.0 Å². The molecule has 7 nitrogen and oxygen atoms in total. The predicted molar refractivity (Wildman–Crippen MR) is 85.0 cm³/mol. The van der Waals surface area contributed by atoms with Crippen LogP contribution in [0.3, 0.4) is 0 Å². The van der Waals surface area contributed by atoms with E-state index < -0.39 is 4.92 Å². The molecule has 0 saturated carbocycles. The number of piperidine rings is 1. The number of urea groups is 1. The molecule has 0 unspecified atom stereocenters. The molecule has 0 aliphatic carbocycles. The van der Waals surface area contributed by atoms with E-state index in [-0.39, 0.29) is 11.7 Å². The van der Waals surface area contributed by atoms with E-state index in [0.29, 0.717) is 12.2 Å². The number of non-ortho nitro benzene ring substituents is 1. The maximum absolute atomic E-state index is 11.7. The van der Waals surface area contributed by atoms with Crippen molar-refractivity contribution in [3.05, 3.63) is 34.4 Å². The molecule has 1 aliphatic heterocycles. The maximum Gasteiger partial charge on any atom is 0.319 e. The number of nitrogens with one attached hydrogen (secondary N) is 2. The van der Waals surface area contributed by atoms with E-state index in [0.717, 1.165) is 26.1 Å². The van der Waals surface area contributed by atoms with E-state index in [9.17, 15) is 14.9 Å². The highest BCUT2D eigenvalue weighted by atomic mass is 16.6. The highest BCUT2D eigenvalue weighted by Crippen LogP contribution is 2.16. The monoisotopic (exact) mass is 306 g/mol. The first-order chi connectivity index (χ1) is 10.6. The molecule has 0 spiro atoms. The normalized spacial score (nSPS) is 15.3. The number of likely N-dealkylation sites (tertiary alicyclic amines) is 1. The Morgan fingerprint density at radius 2 is 2.05 bits per heavy atom. The van der Waals surface area contributed by atoms with E-state index in [1.165, 1.54) is 31.4 Å². The number of nitro benzene ring substituents is 1. The van der Waals surface area contributed by atoms with Gasteiger partial charge in [-0.15, -0.1) is 0 Å². The Balaban J connectivity index is 1.67. The third kappa shape index (κ3) is 5.33. The van der Waals surface area contributed by atoms with Crippen LogP contribution in [-0.4, -0.2) is 42.0 Å². The molecule has 2 amide bonds. The molecule has 0 atom stereocenters. The lowest BCUT2D eigenvalue weighted by Crippen LogP contribution is -2.34. The minimum absolute atomic E-state index is 0.0390. The Kier molecular flexibility index (Phi) is 6.14. The molecule has 120 valence electrons. The standard InChI is InChI=1S/C15H22N4O3/c20-15(16-8-5-11-18-9-2-1-3-10-18)17-13-6-4-7-14(12-13)19(21)22/h4,6-7,12H,1-3,5,8-11H2,(H2,16,17,20). The van der Waals surface area contributed by atoms with Gasteiger partial charge < -0.3 is 15.5 Å². The van der Waals surface area contributed by atoms with Crippen molar-refractivity contribution < 1.29 is 9.72 Å². The van der Waals surface area contributed by atoms with Gasteiger partial charge in [0, 0.05) is 24.4 Å². The first-order valence-corrected chi connectivity index (χ1v) is 7.67. The molecule has 2 N–H and O–H groups in total. The smallest absolute Gasteiger partial charge is 0.319 e. The molecule has 0 aromatic heterocycles. The highest BCUT2D eigenvalue weighted by molar-refractivity contribution is 5.89. The summed E-state index contributed by atoms with van der Waals surface area (Å²) in [5, 5.41) is 16.1. The first kappa shape index (κ1) is 16.2. The summed E-state index contributed by atoms with van der Waals surface area (Å²) >= 11 is 0. The fraction of sp³-hybridized carbons (Fsp3) is 0.533. The Morgan fingerprint density at radius 3 is 2.77 bits per heavy atom. The van der Waals surface area contributed by atoms with Crippen LogP contribution in [0.4, 0.5) is 16.2 Å². The zero-order chi connectivity index (χ0) is 15.8. The van der Waals surface area contributed by atoms with Crippen molar-refractivity contribution in [3.63, 3.8) is 0 Å². The average Bonchev–Trinajstić information content (AvgIpc) is 2.53. The number of nitro groups is 1. The molecule has 22 heavy (non-hydrogen) atoms. The number of amides is 2. The lowest BCUT2D eigenvalue weighted by molar-refractivity contribution is -0.384. The summed E-state index contributed by atoms with van der Waals surface area (Å²) in [5.41, 5.74) is 0.380. The van der Waals surface area contributed by atoms with Crippen molar-refractivity contribution >= 4 is 17.4 Å². The quantitative estimate of drug-likeness (QED) is 0.480. The number of hydrogen-bond acceptors (Lipinski definition) is 4. The number of rotatable bonds is 6. The maximum atomic E-state index is 11.7. The van der Waals surface area contributed by atoms with Crippen LogP contribution in [0.15, 0.2) is 24.3 Å². The summed E-state index contributed by atoms with van der Waals surface area (Å²) in [4.78, 5) is 24.3. The van der Waals surface area contributed by atoms with Crippen molar-refractivity contribution in [2.45, 2.75) is 25.7 Å². The van der Waals surface area contributed by atoms with Gasteiger partial charge in [-0.25, -0.2) is 4.79 Å². The van der Waals surface area contributed by atoms with Gasteiger partial charge in [0.05, 0.1) is 4.92 Å². The fourth-order valence-electron chi connectivity index (χ4n) is 2.56. The highest BCUT2D eigenvalue weighted by Gasteiger charge is 2.10. The number of hydrogen-bond donors (Lipinski definition) is 2. The van der Waals surface area contributed by atoms with Gasteiger partial charge in [-0.3, -0.25) is 10.1 Å². The van der Waals surface area contributed by atoms with Gasteiger partial charge in [0.1, 0.15) is 0 Å². The van der Waals surface area contributed by atoms with Crippen LogP contribution in [0.5, 0.6) is 0 Å². The second kappa shape index (κ2) is 8.33. The second-order valence-electron chi connectivity index (χ2n) is 5.44. The van der Waals surface area contributed by atoms with Crippen molar-refractivity contribution in [2.24, 2.45) is 0 Å². The Morgan fingerprint density at radius 1 is 1.27 bits per heavy atom. The van der Waals surface area contributed by atoms with Crippen LogP contribution >= 0.6 is 0 Å². The fourth-order valence-corrected chi connectivity index (χ4v) is 2.56. The summed E-state index contributed by atoms with van der Waals surface area (Å²) in [7, 11) is 0. The number of anilines is 1. The van der Waals surface area contributed by atoms with E-state index in [1.807, 2.05) is 0 Å². The van der Waals surface area contributed by atoms with Gasteiger partial charge in [-0.2, -0.15) is 0 Å². The zero-order valence-corrected chi connectivity index (χ0v) is 12.6. The summed E-state index contributed by atoms with van der Waals surface area (Å²) in [6.45, 7) is 3.90. The van der Waals surface area contributed by atoms with E-state index in [2.05, 4.69) is 15.5 Å². The SMILES string of the molecule is O=C(NCCCN1CCCCC1)Nc1cccc([N+](=O)[O-])c1. The lowest BCUT2D eigenvalue weighted by Gasteiger charge is -2.26. The third-order valence-corrected chi connectivity index (χ3v) is 3.70. The van der Waals surface area contributed by atoms with E-state index >= 15 is 0 Å². The molecule has 1 saturated heterocycles. The van der Waals surface area contributed by atoms with Crippen molar-refractivity contribution in [1.29, 1.82) is 0 Å². The summed E-state index contributed by atoms with van der Waals surface area (Å²) < 4.78 is 0. The number of nitrogens with zero attached hydrogens (tertiary/aromatic N) is 2. The van der Waals surface area contributed by atoms with Crippen molar-refractivity contribution in [1.82, 2.24) is 10.2 Å². The zero-order valence-electron chi connectivity index (χ0n) is 12.6. The Bertz CT molecular complexity index is 515. The van der Waals surface area contributed by atoms with Crippen molar-refractivity contribution in [2.75, 3.05) is 31.5 Å². The van der Waals surface area contributed by atoms with Crippen LogP contribution in [0.25, 0.3) is 0 Å². The Labute approximate surface area is 129 Å². The van der Waals surface area contributed by atoms with Gasteiger partial charge in [0.25, 0.3) is 5.69 Å². The second-order valence-corrected chi connectivity index (χ2v) is 5.44. The van der Waals surface area contributed by atoms with Crippen LogP contribution in [-0.2, 0) is 0 Å². The van der Waals surface area contributed by atoms with Gasteiger partial charge >= 0.3 is 6.03 Å². The largest absolute Gasteiger partial charge is 0.338 e. The van der Waals surface area contributed by atoms with Crippen LogP contribution < -0.4 is 10.6 Å². The third-order valence-electron chi connectivity index (χ3n) is 3.70. The molecule has 1 fully saturated rings. The molecule has 1 aliphatic rings. The van der Waals surface area contributed by atoms with E-state index in [4.69, 9.17) is 0 Å². The van der Waals surface area contributed by atoms with Gasteiger partial charge in [-0.1, -0.05) is 12.5 Å². The number of carbonyl (C=O) groups is 1. The molecule has 2 rings (SSSR count). The predicted octanol–water partition coefficient (Wildman–Crippen LogP) is 2.59. The lowest BCUT2D eigenvalue weighted by atomic mass is 10.1. The average molecular weight is 306 g/mol. The topological polar surface area (TPSA) is 87.5 Å². The molecular formula is C15H22N4O3. The summed E-state index contributed by atoms with van der Waals surface area (Å²) in [6, 6.07) is 5.57. The number of carbonyl (C=O) groups excluding carboxylic acids is 1. The van der Waals surface area contributed by atoms with Crippen LogP contribution in [0.2, 0.25) is 0 Å². The van der Waals surface area contributed by atoms with Crippen molar-refractivity contribution in [3.8, 4) is 0 Å². The molecule has 1 heterocycles. The van der Waals surface area contributed by atoms with E-state index in [1.54, 1.807) is 12.1 Å². The molecule has 1 aromatic rings.